The molecular weight excluding hydrogens is 292 g/mol. The van der Waals surface area contributed by atoms with E-state index in [2.05, 4.69) is 5.32 Å². The summed E-state index contributed by atoms with van der Waals surface area (Å²) in [5.74, 6) is -0.300. The van der Waals surface area contributed by atoms with E-state index in [0.717, 1.165) is 0 Å². The number of nitrogens with two attached hydrogens (primary N) is 1. The first-order valence-corrected chi connectivity index (χ1v) is 7.73. The molecule has 0 aliphatic rings. The number of thioether (sulfide) groups is 1. The van der Waals surface area contributed by atoms with Gasteiger partial charge in [-0.05, 0) is 18.4 Å². The summed E-state index contributed by atoms with van der Waals surface area (Å²) in [5, 5.41) is 2.32. The predicted molar refractivity (Wildman–Crippen MR) is 81.2 cm³/mol. The molecule has 0 radical (unpaired) electrons. The van der Waals surface area contributed by atoms with Crippen molar-refractivity contribution >= 4 is 29.5 Å². The Kier molecular flexibility index (Phi) is 7.31. The number of hydrogen-bond donors (Lipinski definition) is 2. The Balaban J connectivity index is 2.52. The number of primary amides is 1. The number of esters is 1. The molecule has 6 nitrogen and oxygen atoms in total. The Morgan fingerprint density at radius 2 is 1.95 bits per heavy atom. The molecule has 0 unspecified atom stereocenters. The number of ketones is 1. The van der Waals surface area contributed by atoms with Gasteiger partial charge in [0.25, 0.3) is 0 Å². The fourth-order valence-electron chi connectivity index (χ4n) is 1.60. The maximum atomic E-state index is 11.9. The van der Waals surface area contributed by atoms with Crippen molar-refractivity contribution in [2.24, 2.45) is 5.73 Å². The lowest BCUT2D eigenvalue weighted by atomic mass is 10.1. The van der Waals surface area contributed by atoms with Gasteiger partial charge in [-0.3, -0.25) is 4.79 Å². The van der Waals surface area contributed by atoms with Crippen molar-refractivity contribution in [2.45, 2.75) is 12.5 Å². The van der Waals surface area contributed by atoms with Crippen molar-refractivity contribution in [2.75, 3.05) is 18.6 Å². The first kappa shape index (κ1) is 17.0. The van der Waals surface area contributed by atoms with Gasteiger partial charge in [0, 0.05) is 5.56 Å². The van der Waals surface area contributed by atoms with Crippen LogP contribution in [0.2, 0.25) is 0 Å². The zero-order chi connectivity index (χ0) is 15.7. The Morgan fingerprint density at radius 1 is 1.29 bits per heavy atom. The predicted octanol–water partition coefficient (Wildman–Crippen LogP) is 1.20. The molecule has 0 aliphatic carbocycles. The van der Waals surface area contributed by atoms with E-state index in [1.165, 1.54) is 11.8 Å². The van der Waals surface area contributed by atoms with Crippen LogP contribution in [0.15, 0.2) is 30.3 Å². The van der Waals surface area contributed by atoms with E-state index in [4.69, 9.17) is 10.5 Å². The van der Waals surface area contributed by atoms with Gasteiger partial charge in [-0.1, -0.05) is 30.3 Å². The van der Waals surface area contributed by atoms with Gasteiger partial charge in [-0.15, -0.1) is 0 Å². The number of amides is 2. The second kappa shape index (κ2) is 9.02. The van der Waals surface area contributed by atoms with Crippen LogP contribution in [-0.4, -0.2) is 42.4 Å². The lowest BCUT2D eigenvalue weighted by Crippen LogP contribution is -2.45. The number of nitrogens with one attached hydrogen (secondary N) is 1. The first-order chi connectivity index (χ1) is 10.0. The Hall–Kier alpha value is -2.02. The number of benzene rings is 1. The van der Waals surface area contributed by atoms with Crippen molar-refractivity contribution in [1.82, 2.24) is 5.32 Å². The smallest absolute Gasteiger partial charge is 0.329 e. The van der Waals surface area contributed by atoms with Gasteiger partial charge in [0.1, 0.15) is 6.04 Å². The molecule has 114 valence electrons. The number of Topliss-reactive ketones (excluding diaryl/α,β-unsaturated/α-hetero) is 1. The van der Waals surface area contributed by atoms with E-state index in [9.17, 15) is 14.4 Å². The molecule has 1 atom stereocenters. The molecule has 0 saturated heterocycles. The van der Waals surface area contributed by atoms with E-state index in [-0.39, 0.29) is 12.4 Å². The normalized spacial score (nSPS) is 11.5. The van der Waals surface area contributed by atoms with Crippen LogP contribution < -0.4 is 11.1 Å². The summed E-state index contributed by atoms with van der Waals surface area (Å²) < 4.78 is 4.95. The van der Waals surface area contributed by atoms with E-state index < -0.39 is 18.0 Å². The van der Waals surface area contributed by atoms with Crippen molar-refractivity contribution in [3.8, 4) is 0 Å². The fraction of sp³-hybridized carbons (Fsp3) is 0.357. The highest BCUT2D eigenvalue weighted by atomic mass is 32.2. The highest BCUT2D eigenvalue weighted by Crippen LogP contribution is 2.04. The summed E-state index contributed by atoms with van der Waals surface area (Å²) in [5.41, 5.74) is 5.48. The lowest BCUT2D eigenvalue weighted by Gasteiger charge is -2.15. The number of urea groups is 1. The minimum Gasteiger partial charge on any atom is -0.456 e. The average molecular weight is 310 g/mol. The second-order valence-corrected chi connectivity index (χ2v) is 5.23. The Labute approximate surface area is 127 Å². The summed E-state index contributed by atoms with van der Waals surface area (Å²) in [6.07, 6.45) is 2.27. The molecule has 2 amide bonds. The molecular formula is C14H18N2O4S. The Bertz CT molecular complexity index is 493. The molecule has 3 N–H and O–H groups in total. The van der Waals surface area contributed by atoms with E-state index in [1.54, 1.807) is 30.3 Å². The number of rotatable bonds is 8. The van der Waals surface area contributed by atoms with Crippen LogP contribution in [0.1, 0.15) is 16.8 Å². The van der Waals surface area contributed by atoms with Crippen molar-refractivity contribution in [3.05, 3.63) is 35.9 Å². The molecule has 0 fully saturated rings. The van der Waals surface area contributed by atoms with Crippen LogP contribution in [0.4, 0.5) is 4.79 Å². The van der Waals surface area contributed by atoms with Crippen molar-refractivity contribution < 1.29 is 19.1 Å². The largest absolute Gasteiger partial charge is 0.456 e. The maximum absolute atomic E-state index is 11.9. The number of hydrogen-bond acceptors (Lipinski definition) is 5. The standard InChI is InChI=1S/C14H18N2O4S/c1-21-8-7-11(16-14(15)19)13(18)20-9-12(17)10-5-3-2-4-6-10/h2-6,11H,7-9H2,1H3,(H3,15,16,19)/t11-/m1/s1. The zero-order valence-electron chi connectivity index (χ0n) is 11.7. The van der Waals surface area contributed by atoms with E-state index >= 15 is 0 Å². The van der Waals surface area contributed by atoms with Crippen LogP contribution in [0.3, 0.4) is 0 Å². The summed E-state index contributed by atoms with van der Waals surface area (Å²) in [6, 6.07) is 6.89. The third-order valence-electron chi connectivity index (χ3n) is 2.65. The quantitative estimate of drug-likeness (QED) is 0.555. The molecule has 1 aromatic carbocycles. The minimum atomic E-state index is -0.835. The van der Waals surface area contributed by atoms with Crippen LogP contribution in [-0.2, 0) is 9.53 Å². The maximum Gasteiger partial charge on any atom is 0.329 e. The fourth-order valence-corrected chi connectivity index (χ4v) is 2.07. The van der Waals surface area contributed by atoms with Gasteiger partial charge in [0.2, 0.25) is 0 Å². The summed E-state index contributed by atoms with van der Waals surface area (Å²) in [7, 11) is 0. The van der Waals surface area contributed by atoms with Crippen LogP contribution in [0.25, 0.3) is 0 Å². The molecule has 1 rings (SSSR count). The molecule has 0 spiro atoms. The molecule has 0 aliphatic heterocycles. The topological polar surface area (TPSA) is 98.5 Å². The van der Waals surface area contributed by atoms with Gasteiger partial charge >= 0.3 is 12.0 Å². The Morgan fingerprint density at radius 3 is 2.52 bits per heavy atom. The van der Waals surface area contributed by atoms with Crippen LogP contribution in [0.5, 0.6) is 0 Å². The summed E-state index contributed by atoms with van der Waals surface area (Å²) >= 11 is 1.53. The molecule has 7 heteroatoms. The number of ether oxygens (including phenoxy) is 1. The van der Waals surface area contributed by atoms with E-state index in [0.29, 0.717) is 17.7 Å². The third kappa shape index (κ3) is 6.31. The molecule has 0 saturated carbocycles. The second-order valence-electron chi connectivity index (χ2n) is 4.24. The van der Waals surface area contributed by atoms with Crippen molar-refractivity contribution in [3.63, 3.8) is 0 Å². The lowest BCUT2D eigenvalue weighted by molar-refractivity contribution is -0.144. The highest BCUT2D eigenvalue weighted by molar-refractivity contribution is 7.98. The summed E-state index contributed by atoms with van der Waals surface area (Å²) in [4.78, 5) is 34.5. The molecule has 0 aromatic heterocycles. The number of carbonyl (C=O) groups is 3. The SMILES string of the molecule is CSCC[C@@H](NC(N)=O)C(=O)OCC(=O)c1ccccc1. The monoisotopic (exact) mass is 310 g/mol. The first-order valence-electron chi connectivity index (χ1n) is 6.34. The van der Waals surface area contributed by atoms with Crippen molar-refractivity contribution in [1.29, 1.82) is 0 Å². The molecule has 0 bridgehead atoms. The van der Waals surface area contributed by atoms with Gasteiger partial charge in [-0.2, -0.15) is 11.8 Å². The third-order valence-corrected chi connectivity index (χ3v) is 3.30. The average Bonchev–Trinajstić information content (AvgIpc) is 2.49. The van der Waals surface area contributed by atoms with Gasteiger partial charge < -0.3 is 15.8 Å². The van der Waals surface area contributed by atoms with Gasteiger partial charge in [0.05, 0.1) is 0 Å². The summed E-state index contributed by atoms with van der Waals surface area (Å²) in [6.45, 7) is -0.362. The molecule has 0 heterocycles. The van der Waals surface area contributed by atoms with Crippen LogP contribution in [0, 0.1) is 0 Å². The molecule has 21 heavy (non-hydrogen) atoms. The van der Waals surface area contributed by atoms with Gasteiger partial charge in [-0.25, -0.2) is 9.59 Å². The zero-order valence-corrected chi connectivity index (χ0v) is 12.5. The highest BCUT2D eigenvalue weighted by Gasteiger charge is 2.22. The molecule has 1 aromatic rings. The minimum absolute atomic E-state index is 0.299. The number of carbonyl (C=O) groups excluding carboxylic acids is 3. The van der Waals surface area contributed by atoms with E-state index in [1.807, 2.05) is 6.26 Å². The van der Waals surface area contributed by atoms with Crippen LogP contribution >= 0.6 is 11.8 Å². The van der Waals surface area contributed by atoms with Gasteiger partial charge in [0.15, 0.2) is 12.4 Å².